The van der Waals surface area contributed by atoms with E-state index in [1.54, 1.807) is 0 Å². The first kappa shape index (κ1) is 11.2. The van der Waals surface area contributed by atoms with Crippen molar-refractivity contribution in [3.63, 3.8) is 0 Å². The van der Waals surface area contributed by atoms with Crippen LogP contribution in [0.3, 0.4) is 0 Å². The normalized spacial score (nSPS) is 15.4. The van der Waals surface area contributed by atoms with Crippen molar-refractivity contribution < 1.29 is 8.42 Å². The molecule has 1 aliphatic heterocycles. The molecule has 0 atom stereocenters. The van der Waals surface area contributed by atoms with Gasteiger partial charge in [-0.3, -0.25) is 4.99 Å². The molecular weight excluding hydrogens is 250 g/mol. The van der Waals surface area contributed by atoms with Crippen molar-refractivity contribution in [3.05, 3.63) is 29.3 Å². The Labute approximate surface area is 98.6 Å². The SMILES string of the molecule is O=S(=O)(NC1=NCCN1)c1ccc(Cl)cc1. The number of rotatable bonds is 2. The van der Waals surface area contributed by atoms with Crippen LogP contribution in [-0.4, -0.2) is 27.5 Å². The molecule has 16 heavy (non-hydrogen) atoms. The number of halogens is 1. The summed E-state index contributed by atoms with van der Waals surface area (Å²) in [5, 5.41) is 3.32. The lowest BCUT2D eigenvalue weighted by atomic mass is 10.4. The highest BCUT2D eigenvalue weighted by Gasteiger charge is 2.17. The van der Waals surface area contributed by atoms with Gasteiger partial charge in [0, 0.05) is 11.6 Å². The van der Waals surface area contributed by atoms with Crippen molar-refractivity contribution >= 4 is 27.6 Å². The van der Waals surface area contributed by atoms with E-state index in [4.69, 9.17) is 11.6 Å². The first-order valence-corrected chi connectivity index (χ1v) is 6.51. The van der Waals surface area contributed by atoms with Crippen LogP contribution in [0, 0.1) is 0 Å². The van der Waals surface area contributed by atoms with E-state index in [0.717, 1.165) is 0 Å². The van der Waals surface area contributed by atoms with Gasteiger partial charge in [0.2, 0.25) is 5.96 Å². The molecule has 86 valence electrons. The van der Waals surface area contributed by atoms with Crippen LogP contribution in [0.25, 0.3) is 0 Å². The van der Waals surface area contributed by atoms with Gasteiger partial charge in [-0.25, -0.2) is 13.1 Å². The molecular formula is C9H10ClN3O2S. The summed E-state index contributed by atoms with van der Waals surface area (Å²) in [5.41, 5.74) is 0. The van der Waals surface area contributed by atoms with Crippen molar-refractivity contribution in [2.24, 2.45) is 4.99 Å². The van der Waals surface area contributed by atoms with Crippen LogP contribution < -0.4 is 10.0 Å². The summed E-state index contributed by atoms with van der Waals surface area (Å²) in [6, 6.07) is 5.94. The van der Waals surface area contributed by atoms with E-state index in [2.05, 4.69) is 15.0 Å². The van der Waals surface area contributed by atoms with Gasteiger partial charge in [-0.2, -0.15) is 0 Å². The van der Waals surface area contributed by atoms with Gasteiger partial charge in [-0.15, -0.1) is 0 Å². The smallest absolute Gasteiger partial charge is 0.264 e. The minimum absolute atomic E-state index is 0.160. The third kappa shape index (κ3) is 2.45. The zero-order valence-electron chi connectivity index (χ0n) is 8.27. The molecule has 0 spiro atoms. The topological polar surface area (TPSA) is 70.6 Å². The van der Waals surface area contributed by atoms with Gasteiger partial charge in [-0.1, -0.05) is 11.6 Å². The Bertz CT molecular complexity index is 510. The molecule has 0 saturated heterocycles. The molecule has 0 fully saturated rings. The van der Waals surface area contributed by atoms with Crippen molar-refractivity contribution in [2.75, 3.05) is 13.1 Å². The van der Waals surface area contributed by atoms with Crippen molar-refractivity contribution in [3.8, 4) is 0 Å². The molecule has 1 aliphatic rings. The second-order valence-electron chi connectivity index (χ2n) is 3.22. The first-order valence-electron chi connectivity index (χ1n) is 4.65. The predicted molar refractivity (Wildman–Crippen MR) is 62.1 cm³/mol. The summed E-state index contributed by atoms with van der Waals surface area (Å²) in [4.78, 5) is 4.11. The molecule has 1 aromatic rings. The van der Waals surface area contributed by atoms with Gasteiger partial charge < -0.3 is 5.32 Å². The number of sulfonamides is 1. The number of nitrogens with one attached hydrogen (secondary N) is 2. The van der Waals surface area contributed by atoms with E-state index in [0.29, 0.717) is 18.1 Å². The van der Waals surface area contributed by atoms with Crippen LogP contribution in [-0.2, 0) is 10.0 Å². The Morgan fingerprint density at radius 3 is 2.56 bits per heavy atom. The van der Waals surface area contributed by atoms with E-state index in [-0.39, 0.29) is 10.9 Å². The second kappa shape index (κ2) is 4.31. The van der Waals surface area contributed by atoms with Crippen LogP contribution in [0.1, 0.15) is 0 Å². The molecule has 0 saturated carbocycles. The molecule has 1 aromatic carbocycles. The van der Waals surface area contributed by atoms with E-state index in [9.17, 15) is 8.42 Å². The standard InChI is InChI=1S/C9H10ClN3O2S/c10-7-1-3-8(4-2-7)16(14,15)13-9-11-5-6-12-9/h1-4H,5-6H2,(H2,11,12,13). The number of hydrogen-bond acceptors (Lipinski definition) is 4. The van der Waals surface area contributed by atoms with E-state index >= 15 is 0 Å². The van der Waals surface area contributed by atoms with Crippen molar-refractivity contribution in [1.82, 2.24) is 10.0 Å². The van der Waals surface area contributed by atoms with E-state index in [1.165, 1.54) is 24.3 Å². The molecule has 0 radical (unpaired) electrons. The molecule has 7 heteroatoms. The Balaban J connectivity index is 2.21. The number of guanidine groups is 1. The van der Waals surface area contributed by atoms with Crippen LogP contribution in [0.2, 0.25) is 5.02 Å². The molecule has 1 heterocycles. The maximum Gasteiger partial charge on any atom is 0.264 e. The zero-order valence-corrected chi connectivity index (χ0v) is 9.85. The number of hydrogen-bond donors (Lipinski definition) is 2. The summed E-state index contributed by atoms with van der Waals surface area (Å²) in [6.45, 7) is 1.23. The predicted octanol–water partition coefficient (Wildman–Crippen LogP) is 0.578. The van der Waals surface area contributed by atoms with Crippen LogP contribution in [0.5, 0.6) is 0 Å². The van der Waals surface area contributed by atoms with E-state index in [1.807, 2.05) is 0 Å². The average Bonchev–Trinajstić information content (AvgIpc) is 2.70. The van der Waals surface area contributed by atoms with Crippen LogP contribution in [0.15, 0.2) is 34.2 Å². The van der Waals surface area contributed by atoms with Crippen molar-refractivity contribution in [2.45, 2.75) is 4.90 Å². The summed E-state index contributed by atoms with van der Waals surface area (Å²) in [5.74, 6) is 0.287. The van der Waals surface area contributed by atoms with Gasteiger partial charge in [0.15, 0.2) is 0 Å². The van der Waals surface area contributed by atoms with Gasteiger partial charge in [0.05, 0.1) is 11.4 Å². The molecule has 0 unspecified atom stereocenters. The highest BCUT2D eigenvalue weighted by atomic mass is 35.5. The molecule has 0 aromatic heterocycles. The highest BCUT2D eigenvalue weighted by molar-refractivity contribution is 7.90. The Kier molecular flexibility index (Phi) is 3.02. The monoisotopic (exact) mass is 259 g/mol. The molecule has 2 N–H and O–H groups in total. The highest BCUT2D eigenvalue weighted by Crippen LogP contribution is 2.13. The van der Waals surface area contributed by atoms with Gasteiger partial charge in [-0.05, 0) is 24.3 Å². The lowest BCUT2D eigenvalue weighted by Gasteiger charge is -2.07. The zero-order chi connectivity index (χ0) is 11.6. The van der Waals surface area contributed by atoms with Gasteiger partial charge >= 0.3 is 0 Å². The summed E-state index contributed by atoms with van der Waals surface area (Å²) in [7, 11) is -3.56. The minimum Gasteiger partial charge on any atom is -0.354 e. The number of nitrogens with zero attached hydrogens (tertiary/aromatic N) is 1. The Morgan fingerprint density at radius 2 is 2.00 bits per heavy atom. The Hall–Kier alpha value is -1.27. The van der Waals surface area contributed by atoms with E-state index < -0.39 is 10.0 Å². The summed E-state index contributed by atoms with van der Waals surface area (Å²) < 4.78 is 26.0. The average molecular weight is 260 g/mol. The maximum absolute atomic E-state index is 11.8. The van der Waals surface area contributed by atoms with Crippen LogP contribution in [0.4, 0.5) is 0 Å². The third-order valence-corrected chi connectivity index (χ3v) is 3.64. The number of benzene rings is 1. The van der Waals surface area contributed by atoms with Crippen LogP contribution >= 0.6 is 11.6 Å². The molecule has 0 bridgehead atoms. The third-order valence-electron chi connectivity index (χ3n) is 2.03. The summed E-state index contributed by atoms with van der Waals surface area (Å²) >= 11 is 5.68. The van der Waals surface area contributed by atoms with Gasteiger partial charge in [0.25, 0.3) is 10.0 Å². The molecule has 0 amide bonds. The lowest BCUT2D eigenvalue weighted by molar-refractivity contribution is 0.592. The van der Waals surface area contributed by atoms with Gasteiger partial charge in [0.1, 0.15) is 0 Å². The van der Waals surface area contributed by atoms with Crippen molar-refractivity contribution in [1.29, 1.82) is 0 Å². The fourth-order valence-electron chi connectivity index (χ4n) is 1.27. The molecule has 2 rings (SSSR count). The molecule has 5 nitrogen and oxygen atoms in total. The first-order chi connectivity index (χ1) is 7.58. The molecule has 0 aliphatic carbocycles. The minimum atomic E-state index is -3.56. The largest absolute Gasteiger partial charge is 0.354 e. The lowest BCUT2D eigenvalue weighted by Crippen LogP contribution is -2.38. The Morgan fingerprint density at radius 1 is 1.31 bits per heavy atom. The maximum atomic E-state index is 11.8. The number of aliphatic imine (C=N–C) groups is 1. The quantitative estimate of drug-likeness (QED) is 0.816. The fraction of sp³-hybridized carbons (Fsp3) is 0.222. The fourth-order valence-corrected chi connectivity index (χ4v) is 2.40. The summed E-state index contributed by atoms with van der Waals surface area (Å²) in [6.07, 6.45) is 0. The second-order valence-corrected chi connectivity index (χ2v) is 5.34.